The highest BCUT2D eigenvalue weighted by Crippen LogP contribution is 2.21. The summed E-state index contributed by atoms with van der Waals surface area (Å²) in [5, 5.41) is 0.150. The zero-order chi connectivity index (χ0) is 14.0. The standard InChI is InChI=1S/C11H11ClN4O2S/c1-7-2-3-8(13)4-9(7)19(17,18)16-11-5-10(12)14-6-15-11/h2-6H,13H2,1H3,(H,14,15,16). The van der Waals surface area contributed by atoms with Crippen LogP contribution < -0.4 is 10.5 Å². The number of hydrogen-bond acceptors (Lipinski definition) is 5. The average Bonchev–Trinajstić information content (AvgIpc) is 2.31. The van der Waals surface area contributed by atoms with Crippen LogP contribution in [0.25, 0.3) is 0 Å². The first-order chi connectivity index (χ1) is 8.88. The molecular formula is C11H11ClN4O2S. The molecule has 2 aromatic rings. The van der Waals surface area contributed by atoms with E-state index >= 15 is 0 Å². The number of rotatable bonds is 3. The van der Waals surface area contributed by atoms with E-state index in [1.54, 1.807) is 19.1 Å². The van der Waals surface area contributed by atoms with Crippen LogP contribution in [-0.2, 0) is 10.0 Å². The van der Waals surface area contributed by atoms with Gasteiger partial charge < -0.3 is 5.73 Å². The second-order valence-electron chi connectivity index (χ2n) is 3.86. The lowest BCUT2D eigenvalue weighted by atomic mass is 10.2. The van der Waals surface area contributed by atoms with Gasteiger partial charge in [-0.1, -0.05) is 17.7 Å². The Bertz CT molecular complexity index is 718. The third-order valence-corrected chi connectivity index (χ3v) is 4.08. The van der Waals surface area contributed by atoms with Crippen LogP contribution in [0, 0.1) is 6.92 Å². The molecule has 0 saturated heterocycles. The van der Waals surface area contributed by atoms with Gasteiger partial charge in [-0.3, -0.25) is 4.72 Å². The minimum Gasteiger partial charge on any atom is -0.399 e. The summed E-state index contributed by atoms with van der Waals surface area (Å²) in [5.41, 5.74) is 6.56. The predicted octanol–water partition coefficient (Wildman–Crippen LogP) is 1.82. The monoisotopic (exact) mass is 298 g/mol. The van der Waals surface area contributed by atoms with Crippen molar-refractivity contribution in [2.75, 3.05) is 10.5 Å². The van der Waals surface area contributed by atoms with Gasteiger partial charge in [-0.05, 0) is 24.6 Å². The average molecular weight is 299 g/mol. The Kier molecular flexibility index (Phi) is 3.59. The lowest BCUT2D eigenvalue weighted by Gasteiger charge is -2.10. The maximum atomic E-state index is 12.2. The van der Waals surface area contributed by atoms with Crippen molar-refractivity contribution in [2.24, 2.45) is 0 Å². The molecule has 0 radical (unpaired) electrons. The fourth-order valence-electron chi connectivity index (χ4n) is 1.49. The third-order valence-electron chi connectivity index (χ3n) is 2.37. The Morgan fingerprint density at radius 3 is 2.68 bits per heavy atom. The number of hydrogen-bond donors (Lipinski definition) is 2. The fraction of sp³-hybridized carbons (Fsp3) is 0.0909. The minimum absolute atomic E-state index is 0.0989. The molecule has 0 aliphatic rings. The molecule has 0 unspecified atom stereocenters. The number of aromatic nitrogens is 2. The molecule has 1 aromatic heterocycles. The summed E-state index contributed by atoms with van der Waals surface area (Å²) in [5.74, 6) is 0.0989. The number of halogens is 1. The van der Waals surface area contributed by atoms with E-state index < -0.39 is 10.0 Å². The summed E-state index contributed by atoms with van der Waals surface area (Å²) in [6.45, 7) is 1.68. The molecule has 1 heterocycles. The molecule has 100 valence electrons. The van der Waals surface area contributed by atoms with E-state index in [9.17, 15) is 8.42 Å². The van der Waals surface area contributed by atoms with Crippen molar-refractivity contribution in [1.82, 2.24) is 9.97 Å². The van der Waals surface area contributed by atoms with Crippen LogP contribution in [0.4, 0.5) is 11.5 Å². The maximum absolute atomic E-state index is 12.2. The highest BCUT2D eigenvalue weighted by Gasteiger charge is 2.18. The molecule has 2 rings (SSSR count). The fourth-order valence-corrected chi connectivity index (χ4v) is 2.92. The molecule has 8 heteroatoms. The number of nitrogens with two attached hydrogens (primary N) is 1. The van der Waals surface area contributed by atoms with E-state index in [-0.39, 0.29) is 15.9 Å². The second-order valence-corrected chi connectivity index (χ2v) is 5.89. The lowest BCUT2D eigenvalue weighted by Crippen LogP contribution is -2.15. The topological polar surface area (TPSA) is 98.0 Å². The summed E-state index contributed by atoms with van der Waals surface area (Å²) in [4.78, 5) is 7.56. The van der Waals surface area contributed by atoms with Gasteiger partial charge in [0.2, 0.25) is 0 Å². The molecule has 19 heavy (non-hydrogen) atoms. The molecule has 0 amide bonds. The van der Waals surface area contributed by atoms with E-state index in [0.717, 1.165) is 0 Å². The predicted molar refractivity (Wildman–Crippen MR) is 73.4 cm³/mol. The molecule has 0 atom stereocenters. The SMILES string of the molecule is Cc1ccc(N)cc1S(=O)(=O)Nc1cc(Cl)ncn1. The number of nitrogen functional groups attached to an aromatic ring is 1. The first-order valence-electron chi connectivity index (χ1n) is 5.25. The van der Waals surface area contributed by atoms with Crippen LogP contribution in [0.5, 0.6) is 0 Å². The van der Waals surface area contributed by atoms with Gasteiger partial charge in [0, 0.05) is 11.8 Å². The van der Waals surface area contributed by atoms with Gasteiger partial charge in [-0.25, -0.2) is 18.4 Å². The van der Waals surface area contributed by atoms with Gasteiger partial charge in [0.25, 0.3) is 10.0 Å². The quantitative estimate of drug-likeness (QED) is 0.665. The van der Waals surface area contributed by atoms with Crippen molar-refractivity contribution < 1.29 is 8.42 Å². The van der Waals surface area contributed by atoms with E-state index in [2.05, 4.69) is 14.7 Å². The number of aryl methyl sites for hydroxylation is 1. The van der Waals surface area contributed by atoms with E-state index in [1.807, 2.05) is 0 Å². The number of anilines is 2. The van der Waals surface area contributed by atoms with Crippen molar-refractivity contribution in [1.29, 1.82) is 0 Å². The van der Waals surface area contributed by atoms with Gasteiger partial charge in [-0.15, -0.1) is 0 Å². The molecule has 6 nitrogen and oxygen atoms in total. The van der Waals surface area contributed by atoms with Gasteiger partial charge in [0.1, 0.15) is 17.3 Å². The van der Waals surface area contributed by atoms with Crippen molar-refractivity contribution in [3.8, 4) is 0 Å². The Morgan fingerprint density at radius 1 is 1.26 bits per heavy atom. The third kappa shape index (κ3) is 3.12. The van der Waals surface area contributed by atoms with Gasteiger partial charge >= 0.3 is 0 Å². The highest BCUT2D eigenvalue weighted by atomic mass is 35.5. The summed E-state index contributed by atoms with van der Waals surface area (Å²) in [6.07, 6.45) is 1.17. The Hall–Kier alpha value is -1.86. The normalized spacial score (nSPS) is 11.3. The molecule has 3 N–H and O–H groups in total. The van der Waals surface area contributed by atoms with Crippen LogP contribution in [0.1, 0.15) is 5.56 Å². The number of benzene rings is 1. The summed E-state index contributed by atoms with van der Waals surface area (Å²) >= 11 is 5.67. The molecule has 0 spiro atoms. The number of nitrogens with zero attached hydrogens (tertiary/aromatic N) is 2. The van der Waals surface area contributed by atoms with Crippen LogP contribution in [-0.4, -0.2) is 18.4 Å². The summed E-state index contributed by atoms with van der Waals surface area (Å²) in [6, 6.07) is 5.98. The van der Waals surface area contributed by atoms with Crippen LogP contribution in [0.15, 0.2) is 35.5 Å². The zero-order valence-corrected chi connectivity index (χ0v) is 11.5. The summed E-state index contributed by atoms with van der Waals surface area (Å²) in [7, 11) is -3.76. The van der Waals surface area contributed by atoms with Crippen molar-refractivity contribution in [3.05, 3.63) is 41.3 Å². The maximum Gasteiger partial charge on any atom is 0.263 e. The van der Waals surface area contributed by atoms with E-state index in [0.29, 0.717) is 11.3 Å². The van der Waals surface area contributed by atoms with Gasteiger partial charge in [0.05, 0.1) is 4.90 Å². The first-order valence-corrected chi connectivity index (χ1v) is 7.11. The lowest BCUT2D eigenvalue weighted by molar-refractivity contribution is 0.600. The molecule has 1 aromatic carbocycles. The second kappa shape index (κ2) is 5.02. The Balaban J connectivity index is 2.40. The molecule has 0 fully saturated rings. The van der Waals surface area contributed by atoms with Gasteiger partial charge in [-0.2, -0.15) is 0 Å². The van der Waals surface area contributed by atoms with Crippen LogP contribution in [0.3, 0.4) is 0 Å². The van der Waals surface area contributed by atoms with Crippen molar-refractivity contribution in [3.63, 3.8) is 0 Å². The molecular weight excluding hydrogens is 288 g/mol. The highest BCUT2D eigenvalue weighted by molar-refractivity contribution is 7.92. The van der Waals surface area contributed by atoms with E-state index in [1.165, 1.54) is 18.5 Å². The smallest absolute Gasteiger partial charge is 0.263 e. The number of sulfonamides is 1. The zero-order valence-electron chi connectivity index (χ0n) is 9.96. The van der Waals surface area contributed by atoms with Crippen LogP contribution in [0.2, 0.25) is 5.15 Å². The first kappa shape index (κ1) is 13.6. The molecule has 0 bridgehead atoms. The largest absolute Gasteiger partial charge is 0.399 e. The Labute approximate surface area is 115 Å². The summed E-state index contributed by atoms with van der Waals surface area (Å²) < 4.78 is 26.8. The minimum atomic E-state index is -3.76. The molecule has 0 aliphatic carbocycles. The number of nitrogens with one attached hydrogen (secondary N) is 1. The van der Waals surface area contributed by atoms with Crippen LogP contribution >= 0.6 is 11.6 Å². The Morgan fingerprint density at radius 2 is 2.00 bits per heavy atom. The molecule has 0 aliphatic heterocycles. The molecule has 0 saturated carbocycles. The van der Waals surface area contributed by atoms with E-state index in [4.69, 9.17) is 17.3 Å². The van der Waals surface area contributed by atoms with Crippen molar-refractivity contribution >= 4 is 33.1 Å². The van der Waals surface area contributed by atoms with Gasteiger partial charge in [0.15, 0.2) is 0 Å². The van der Waals surface area contributed by atoms with Crippen molar-refractivity contribution in [2.45, 2.75) is 11.8 Å².